The predicted octanol–water partition coefficient (Wildman–Crippen LogP) is 1.88. The zero-order valence-corrected chi connectivity index (χ0v) is 10.1. The van der Waals surface area contributed by atoms with Crippen molar-refractivity contribution in [1.29, 1.82) is 0 Å². The van der Waals surface area contributed by atoms with Crippen molar-refractivity contribution in [2.24, 2.45) is 11.3 Å². The van der Waals surface area contributed by atoms with Gasteiger partial charge in [-0.05, 0) is 31.1 Å². The van der Waals surface area contributed by atoms with Crippen LogP contribution in [0.15, 0.2) is 12.2 Å². The van der Waals surface area contributed by atoms with Crippen LogP contribution < -0.4 is 0 Å². The van der Waals surface area contributed by atoms with Crippen LogP contribution >= 0.6 is 0 Å². The molecule has 4 heteroatoms. The fraction of sp³-hybridized carbons (Fsp3) is 0.538. The van der Waals surface area contributed by atoms with Crippen LogP contribution in [0.4, 0.5) is 0 Å². The SMILES string of the molecule is CCOC(=O)c1n[nH]c2c1C[C@H]1C=C[C@@]1(C)C2. The molecule has 0 bridgehead atoms. The molecule has 1 aromatic heterocycles. The monoisotopic (exact) mass is 232 g/mol. The number of esters is 1. The first-order valence-corrected chi connectivity index (χ1v) is 6.06. The van der Waals surface area contributed by atoms with Gasteiger partial charge in [-0.3, -0.25) is 5.10 Å². The minimum Gasteiger partial charge on any atom is -0.461 e. The highest BCUT2D eigenvalue weighted by molar-refractivity contribution is 5.89. The van der Waals surface area contributed by atoms with E-state index in [2.05, 4.69) is 29.3 Å². The number of fused-ring (bicyclic) bond motifs is 2. The Balaban J connectivity index is 1.93. The van der Waals surface area contributed by atoms with Crippen LogP contribution in [0.25, 0.3) is 0 Å². The van der Waals surface area contributed by atoms with Crippen LogP contribution in [-0.2, 0) is 17.6 Å². The quantitative estimate of drug-likeness (QED) is 0.625. The maximum atomic E-state index is 11.7. The van der Waals surface area contributed by atoms with Crippen LogP contribution in [0.3, 0.4) is 0 Å². The van der Waals surface area contributed by atoms with Crippen LogP contribution in [0.1, 0.15) is 35.6 Å². The molecule has 4 nitrogen and oxygen atoms in total. The first-order chi connectivity index (χ1) is 8.14. The van der Waals surface area contributed by atoms with Gasteiger partial charge in [0.05, 0.1) is 6.61 Å². The number of rotatable bonds is 2. The third-order valence-electron chi connectivity index (χ3n) is 3.96. The van der Waals surface area contributed by atoms with Crippen molar-refractivity contribution in [3.63, 3.8) is 0 Å². The highest BCUT2D eigenvalue weighted by Gasteiger charge is 2.43. The first-order valence-electron chi connectivity index (χ1n) is 6.06. The largest absolute Gasteiger partial charge is 0.461 e. The van der Waals surface area contributed by atoms with Crippen LogP contribution in [0.5, 0.6) is 0 Å². The molecular weight excluding hydrogens is 216 g/mol. The summed E-state index contributed by atoms with van der Waals surface area (Å²) in [5.74, 6) is 0.234. The fourth-order valence-corrected chi connectivity index (χ4v) is 2.79. The summed E-state index contributed by atoms with van der Waals surface area (Å²) in [5.41, 5.74) is 2.88. The van der Waals surface area contributed by atoms with Crippen LogP contribution in [0.2, 0.25) is 0 Å². The molecule has 2 aliphatic carbocycles. The Bertz CT molecular complexity index is 504. The van der Waals surface area contributed by atoms with Crippen molar-refractivity contribution in [3.05, 3.63) is 29.1 Å². The molecule has 0 saturated carbocycles. The van der Waals surface area contributed by atoms with Gasteiger partial charge in [0.1, 0.15) is 0 Å². The number of aromatic nitrogens is 2. The third kappa shape index (κ3) is 1.43. The van der Waals surface area contributed by atoms with E-state index in [1.54, 1.807) is 0 Å². The van der Waals surface area contributed by atoms with E-state index in [9.17, 15) is 4.79 Å². The molecule has 3 rings (SSSR count). The summed E-state index contributed by atoms with van der Waals surface area (Å²) < 4.78 is 5.02. The smallest absolute Gasteiger partial charge is 0.359 e. The Morgan fingerprint density at radius 2 is 2.53 bits per heavy atom. The van der Waals surface area contributed by atoms with Gasteiger partial charge in [0.25, 0.3) is 0 Å². The molecule has 0 aliphatic heterocycles. The van der Waals surface area contributed by atoms with Gasteiger partial charge in [0, 0.05) is 11.3 Å². The Kier molecular flexibility index (Phi) is 2.15. The molecule has 0 amide bonds. The topological polar surface area (TPSA) is 55.0 Å². The molecule has 1 aromatic rings. The number of hydrogen-bond donors (Lipinski definition) is 1. The van der Waals surface area contributed by atoms with Gasteiger partial charge in [0.2, 0.25) is 0 Å². The van der Waals surface area contributed by atoms with E-state index in [0.717, 1.165) is 24.1 Å². The van der Waals surface area contributed by atoms with Crippen molar-refractivity contribution in [2.75, 3.05) is 6.61 Å². The number of nitrogens with one attached hydrogen (secondary N) is 1. The molecule has 17 heavy (non-hydrogen) atoms. The molecule has 0 fully saturated rings. The highest BCUT2D eigenvalue weighted by Crippen LogP contribution is 2.47. The number of H-pyrrole nitrogens is 1. The van der Waals surface area contributed by atoms with Crippen molar-refractivity contribution in [1.82, 2.24) is 10.2 Å². The number of carbonyl (C=O) groups is 1. The number of hydrogen-bond acceptors (Lipinski definition) is 3. The molecule has 0 radical (unpaired) electrons. The van der Waals surface area contributed by atoms with E-state index in [1.165, 1.54) is 0 Å². The lowest BCUT2D eigenvalue weighted by molar-refractivity contribution is 0.0517. The number of nitrogens with zero attached hydrogens (tertiary/aromatic N) is 1. The molecule has 0 spiro atoms. The molecule has 0 saturated heterocycles. The zero-order chi connectivity index (χ0) is 12.0. The normalized spacial score (nSPS) is 29.2. The van der Waals surface area contributed by atoms with Crippen molar-refractivity contribution in [2.45, 2.75) is 26.7 Å². The molecule has 90 valence electrons. The number of carbonyl (C=O) groups excluding carboxylic acids is 1. The summed E-state index contributed by atoms with van der Waals surface area (Å²) in [6.45, 7) is 4.45. The number of ether oxygens (including phenoxy) is 1. The minimum atomic E-state index is -0.308. The molecule has 1 heterocycles. The van der Waals surface area contributed by atoms with Gasteiger partial charge in [-0.2, -0.15) is 5.10 Å². The standard InChI is InChI=1S/C13H16N2O2/c1-3-17-12(16)11-9-6-8-4-5-13(8,2)7-10(9)14-15-11/h4-5,8H,3,6-7H2,1-2H3,(H,14,15)/t8-,13+/m1/s1. The van der Waals surface area contributed by atoms with E-state index >= 15 is 0 Å². The Labute approximate surface area is 100 Å². The van der Waals surface area contributed by atoms with Gasteiger partial charge < -0.3 is 4.74 Å². The first kappa shape index (κ1) is 10.6. The van der Waals surface area contributed by atoms with E-state index < -0.39 is 0 Å². The van der Waals surface area contributed by atoms with E-state index in [1.807, 2.05) is 6.92 Å². The van der Waals surface area contributed by atoms with Crippen molar-refractivity contribution >= 4 is 5.97 Å². The fourth-order valence-electron chi connectivity index (χ4n) is 2.79. The summed E-state index contributed by atoms with van der Waals surface area (Å²) in [7, 11) is 0. The lowest BCUT2D eigenvalue weighted by atomic mass is 9.60. The second kappa shape index (κ2) is 3.45. The maximum Gasteiger partial charge on any atom is 0.359 e. The lowest BCUT2D eigenvalue weighted by Gasteiger charge is -2.44. The Morgan fingerprint density at radius 1 is 1.71 bits per heavy atom. The zero-order valence-electron chi connectivity index (χ0n) is 10.1. The molecular formula is C13H16N2O2. The van der Waals surface area contributed by atoms with Gasteiger partial charge in [-0.1, -0.05) is 19.1 Å². The van der Waals surface area contributed by atoms with E-state index in [-0.39, 0.29) is 11.4 Å². The second-order valence-corrected chi connectivity index (χ2v) is 5.10. The van der Waals surface area contributed by atoms with Crippen LogP contribution in [0, 0.1) is 11.3 Å². The van der Waals surface area contributed by atoms with Gasteiger partial charge >= 0.3 is 5.97 Å². The summed E-state index contributed by atoms with van der Waals surface area (Å²) in [4.78, 5) is 11.7. The molecule has 2 aliphatic rings. The molecule has 0 unspecified atom stereocenters. The summed E-state index contributed by atoms with van der Waals surface area (Å²) in [5, 5.41) is 7.11. The Morgan fingerprint density at radius 3 is 3.18 bits per heavy atom. The summed E-state index contributed by atoms with van der Waals surface area (Å²) in [6, 6.07) is 0. The molecule has 1 N–H and O–H groups in total. The van der Waals surface area contributed by atoms with Gasteiger partial charge in [-0.15, -0.1) is 0 Å². The van der Waals surface area contributed by atoms with E-state index in [0.29, 0.717) is 18.2 Å². The van der Waals surface area contributed by atoms with E-state index in [4.69, 9.17) is 4.74 Å². The Hall–Kier alpha value is -1.58. The average Bonchev–Trinajstić information content (AvgIpc) is 2.67. The number of aromatic amines is 1. The molecule has 2 atom stereocenters. The third-order valence-corrected chi connectivity index (χ3v) is 3.96. The van der Waals surface area contributed by atoms with Gasteiger partial charge in [0.15, 0.2) is 5.69 Å². The average molecular weight is 232 g/mol. The summed E-state index contributed by atoms with van der Waals surface area (Å²) in [6.07, 6.45) is 6.32. The number of allylic oxidation sites excluding steroid dienone is 2. The van der Waals surface area contributed by atoms with Crippen molar-refractivity contribution in [3.8, 4) is 0 Å². The maximum absolute atomic E-state index is 11.7. The second-order valence-electron chi connectivity index (χ2n) is 5.10. The minimum absolute atomic E-state index is 0.255. The predicted molar refractivity (Wildman–Crippen MR) is 62.7 cm³/mol. The highest BCUT2D eigenvalue weighted by atomic mass is 16.5. The van der Waals surface area contributed by atoms with Gasteiger partial charge in [-0.25, -0.2) is 4.79 Å². The molecule has 0 aromatic carbocycles. The summed E-state index contributed by atoms with van der Waals surface area (Å²) >= 11 is 0. The van der Waals surface area contributed by atoms with Crippen LogP contribution in [-0.4, -0.2) is 22.8 Å². The van der Waals surface area contributed by atoms with Crippen molar-refractivity contribution < 1.29 is 9.53 Å². The lowest BCUT2D eigenvalue weighted by Crippen LogP contribution is -2.38.